The van der Waals surface area contributed by atoms with E-state index in [2.05, 4.69) is 4.98 Å². The zero-order valence-corrected chi connectivity index (χ0v) is 10.9. The number of nitrogens with two attached hydrogens (primary N) is 1. The number of aromatic nitrogens is 1. The molecule has 0 fully saturated rings. The summed E-state index contributed by atoms with van der Waals surface area (Å²) in [6, 6.07) is 8.99. The van der Waals surface area contributed by atoms with Crippen LogP contribution < -0.4 is 11.5 Å². The summed E-state index contributed by atoms with van der Waals surface area (Å²) in [5.74, 6) is -1.04. The number of H-pyrrole nitrogens is 1. The van der Waals surface area contributed by atoms with Gasteiger partial charge in [-0.3, -0.25) is 4.98 Å². The van der Waals surface area contributed by atoms with Crippen molar-refractivity contribution < 1.29 is 8.81 Å². The van der Waals surface area contributed by atoms with Crippen LogP contribution in [0.2, 0.25) is 5.02 Å². The Morgan fingerprint density at radius 1 is 1.20 bits per heavy atom. The predicted molar refractivity (Wildman–Crippen MR) is 74.3 cm³/mol. The van der Waals surface area contributed by atoms with E-state index in [1.54, 1.807) is 24.3 Å². The number of oxazole rings is 1. The van der Waals surface area contributed by atoms with Crippen LogP contribution in [0.25, 0.3) is 11.1 Å². The van der Waals surface area contributed by atoms with Crippen LogP contribution in [0.15, 0.2) is 45.6 Å². The predicted octanol–water partition coefficient (Wildman–Crippen LogP) is 2.96. The Morgan fingerprint density at radius 3 is 2.65 bits per heavy atom. The van der Waals surface area contributed by atoms with Gasteiger partial charge in [-0.25, -0.2) is 9.18 Å². The lowest BCUT2D eigenvalue weighted by Gasteiger charge is -2.12. The summed E-state index contributed by atoms with van der Waals surface area (Å²) in [6.45, 7) is 0. The monoisotopic (exact) mass is 292 g/mol. The highest BCUT2D eigenvalue weighted by atomic mass is 35.5. The molecule has 3 rings (SSSR count). The molecule has 0 bridgehead atoms. The smallest absolute Gasteiger partial charge is 0.408 e. The van der Waals surface area contributed by atoms with Crippen molar-refractivity contribution in [3.05, 3.63) is 68.9 Å². The Morgan fingerprint density at radius 2 is 1.90 bits per heavy atom. The maximum absolute atomic E-state index is 13.5. The van der Waals surface area contributed by atoms with Gasteiger partial charge in [0.05, 0.1) is 16.6 Å². The molecule has 0 spiro atoms. The topological polar surface area (TPSA) is 72.0 Å². The average molecular weight is 293 g/mol. The second-order valence-corrected chi connectivity index (χ2v) is 4.83. The molecular formula is C14H10ClFN2O2. The van der Waals surface area contributed by atoms with Gasteiger partial charge < -0.3 is 10.2 Å². The van der Waals surface area contributed by atoms with Gasteiger partial charge in [0.2, 0.25) is 0 Å². The normalized spacial score (nSPS) is 12.8. The van der Waals surface area contributed by atoms with E-state index in [1.165, 1.54) is 12.1 Å². The molecule has 1 heterocycles. The van der Waals surface area contributed by atoms with E-state index in [9.17, 15) is 9.18 Å². The van der Waals surface area contributed by atoms with Gasteiger partial charge in [-0.2, -0.15) is 0 Å². The van der Waals surface area contributed by atoms with Crippen molar-refractivity contribution in [3.8, 4) is 0 Å². The molecule has 20 heavy (non-hydrogen) atoms. The fourth-order valence-corrected chi connectivity index (χ4v) is 2.17. The molecule has 0 saturated carbocycles. The van der Waals surface area contributed by atoms with Gasteiger partial charge in [0.15, 0.2) is 5.58 Å². The molecule has 2 aromatic carbocycles. The summed E-state index contributed by atoms with van der Waals surface area (Å²) in [5, 5.41) is 0.0491. The lowest BCUT2D eigenvalue weighted by Crippen LogP contribution is -2.12. The van der Waals surface area contributed by atoms with Crippen molar-refractivity contribution in [1.82, 2.24) is 4.98 Å². The van der Waals surface area contributed by atoms with Crippen molar-refractivity contribution >= 4 is 22.7 Å². The van der Waals surface area contributed by atoms with Crippen molar-refractivity contribution in [2.75, 3.05) is 0 Å². The molecule has 0 saturated heterocycles. The maximum atomic E-state index is 13.5. The van der Waals surface area contributed by atoms with Crippen molar-refractivity contribution in [3.63, 3.8) is 0 Å². The number of halogens is 2. The Kier molecular flexibility index (Phi) is 3.08. The van der Waals surface area contributed by atoms with Gasteiger partial charge in [-0.05, 0) is 35.4 Å². The largest absolute Gasteiger partial charge is 0.417 e. The molecule has 0 aliphatic carbocycles. The number of rotatable bonds is 2. The third kappa shape index (κ3) is 2.21. The highest BCUT2D eigenvalue weighted by molar-refractivity contribution is 6.30. The minimum absolute atomic E-state index is 0.0491. The Labute approximate surface area is 118 Å². The molecule has 0 aliphatic rings. The third-order valence-electron chi connectivity index (χ3n) is 3.11. The molecule has 0 aliphatic heterocycles. The molecule has 4 nitrogen and oxygen atoms in total. The third-order valence-corrected chi connectivity index (χ3v) is 3.41. The number of hydrogen-bond acceptors (Lipinski definition) is 3. The average Bonchev–Trinajstić information content (AvgIpc) is 2.80. The van der Waals surface area contributed by atoms with Crippen molar-refractivity contribution in [2.24, 2.45) is 5.73 Å². The summed E-state index contributed by atoms with van der Waals surface area (Å²) in [6.07, 6.45) is 0. The molecule has 1 unspecified atom stereocenters. The lowest BCUT2D eigenvalue weighted by atomic mass is 9.99. The number of benzene rings is 2. The van der Waals surface area contributed by atoms with Crippen LogP contribution in [0.5, 0.6) is 0 Å². The van der Waals surface area contributed by atoms with Gasteiger partial charge in [0, 0.05) is 0 Å². The Balaban J connectivity index is 2.04. The van der Waals surface area contributed by atoms with E-state index < -0.39 is 17.6 Å². The summed E-state index contributed by atoms with van der Waals surface area (Å²) >= 11 is 5.64. The minimum Gasteiger partial charge on any atom is -0.408 e. The quantitative estimate of drug-likeness (QED) is 0.763. The van der Waals surface area contributed by atoms with Crippen LogP contribution in [0.3, 0.4) is 0 Å². The van der Waals surface area contributed by atoms with Crippen LogP contribution in [0.4, 0.5) is 4.39 Å². The SMILES string of the molecule is NC(c1ccc(Cl)c(F)c1)c1ccc2[nH]c(=O)oc2c1. The number of hydrogen-bond donors (Lipinski definition) is 2. The first-order valence-electron chi connectivity index (χ1n) is 5.88. The molecule has 102 valence electrons. The summed E-state index contributed by atoms with van der Waals surface area (Å²) < 4.78 is 18.4. The van der Waals surface area contributed by atoms with Crippen LogP contribution in [-0.4, -0.2) is 4.98 Å². The Bertz CT molecular complexity index is 841. The van der Waals surface area contributed by atoms with E-state index in [4.69, 9.17) is 21.8 Å². The van der Waals surface area contributed by atoms with Crippen LogP contribution in [0, 0.1) is 5.82 Å². The van der Waals surface area contributed by atoms with Crippen molar-refractivity contribution in [2.45, 2.75) is 6.04 Å². The van der Waals surface area contributed by atoms with Gasteiger partial charge >= 0.3 is 5.76 Å². The van der Waals surface area contributed by atoms with E-state index in [1.807, 2.05) is 0 Å². The molecule has 6 heteroatoms. The number of aromatic amines is 1. The molecule has 1 atom stereocenters. The standard InChI is InChI=1S/C14H10ClFN2O2/c15-9-3-1-7(5-10(9)16)13(17)8-2-4-11-12(6-8)20-14(19)18-11/h1-6,13H,17H2,(H,18,19). The molecule has 3 N–H and O–H groups in total. The van der Waals surface area contributed by atoms with E-state index >= 15 is 0 Å². The second kappa shape index (κ2) is 4.77. The first kappa shape index (κ1) is 12.9. The van der Waals surface area contributed by atoms with E-state index in [0.29, 0.717) is 22.2 Å². The lowest BCUT2D eigenvalue weighted by molar-refractivity contribution is 0.555. The number of nitrogens with one attached hydrogen (secondary N) is 1. The van der Waals surface area contributed by atoms with Crippen molar-refractivity contribution in [1.29, 1.82) is 0 Å². The molecule has 0 amide bonds. The molecule has 3 aromatic rings. The summed E-state index contributed by atoms with van der Waals surface area (Å²) in [7, 11) is 0. The maximum Gasteiger partial charge on any atom is 0.417 e. The number of fused-ring (bicyclic) bond motifs is 1. The van der Waals surface area contributed by atoms with E-state index in [-0.39, 0.29) is 5.02 Å². The fourth-order valence-electron chi connectivity index (χ4n) is 2.05. The molecule has 0 radical (unpaired) electrons. The fraction of sp³-hybridized carbons (Fsp3) is 0.0714. The second-order valence-electron chi connectivity index (χ2n) is 4.42. The zero-order valence-electron chi connectivity index (χ0n) is 10.2. The first-order chi connectivity index (χ1) is 9.54. The zero-order chi connectivity index (χ0) is 14.3. The summed E-state index contributed by atoms with van der Waals surface area (Å²) in [4.78, 5) is 13.6. The summed E-state index contributed by atoms with van der Waals surface area (Å²) in [5.41, 5.74) is 8.40. The molecular weight excluding hydrogens is 283 g/mol. The van der Waals surface area contributed by atoms with Gasteiger partial charge in [0.25, 0.3) is 0 Å². The van der Waals surface area contributed by atoms with E-state index in [0.717, 1.165) is 0 Å². The van der Waals surface area contributed by atoms with Crippen LogP contribution in [-0.2, 0) is 0 Å². The highest BCUT2D eigenvalue weighted by Gasteiger charge is 2.13. The van der Waals surface area contributed by atoms with Crippen LogP contribution in [0.1, 0.15) is 17.2 Å². The van der Waals surface area contributed by atoms with Gasteiger partial charge in [-0.15, -0.1) is 0 Å². The van der Waals surface area contributed by atoms with Gasteiger partial charge in [0.1, 0.15) is 5.82 Å². The first-order valence-corrected chi connectivity index (χ1v) is 6.26. The Hall–Kier alpha value is -2.11. The minimum atomic E-state index is -0.536. The molecule has 1 aromatic heterocycles. The van der Waals surface area contributed by atoms with Gasteiger partial charge in [-0.1, -0.05) is 23.7 Å². The highest BCUT2D eigenvalue weighted by Crippen LogP contribution is 2.25. The van der Waals surface area contributed by atoms with Crippen LogP contribution >= 0.6 is 11.6 Å².